The highest BCUT2D eigenvalue weighted by Gasteiger charge is 2.09. The molecular formula is C27H25N3O4. The lowest BCUT2D eigenvalue weighted by molar-refractivity contribution is 0.0950. The van der Waals surface area contributed by atoms with E-state index in [2.05, 4.69) is 15.3 Å². The van der Waals surface area contributed by atoms with Crippen LogP contribution in [0.5, 0.6) is 23.1 Å². The number of hydrogen-bond donors (Lipinski definition) is 1. The maximum atomic E-state index is 12.6. The van der Waals surface area contributed by atoms with Crippen molar-refractivity contribution in [1.29, 1.82) is 0 Å². The van der Waals surface area contributed by atoms with Crippen molar-refractivity contribution in [2.45, 2.75) is 20.1 Å². The first-order valence-corrected chi connectivity index (χ1v) is 11.0. The number of hydrogen-bond acceptors (Lipinski definition) is 6. The van der Waals surface area contributed by atoms with Crippen molar-refractivity contribution >= 4 is 5.91 Å². The third-order valence-electron chi connectivity index (χ3n) is 4.84. The molecule has 0 aliphatic carbocycles. The molecule has 2 aromatic carbocycles. The monoisotopic (exact) mass is 455 g/mol. The van der Waals surface area contributed by atoms with Crippen LogP contribution in [0.1, 0.15) is 28.4 Å². The van der Waals surface area contributed by atoms with Crippen molar-refractivity contribution in [3.05, 3.63) is 108 Å². The standard InChI is InChI=1S/C27H25N3O4/c1-2-32-24-10-3-4-11-25(24)34-26-13-12-20(17-29-26)18-30-27(31)22-8-5-9-23(15-22)33-19-21-7-6-14-28-16-21/h3-17H,2,18-19H2,1H3,(H,30,31). The summed E-state index contributed by atoms with van der Waals surface area (Å²) in [5, 5.41) is 2.91. The van der Waals surface area contributed by atoms with E-state index in [1.807, 2.05) is 55.5 Å². The summed E-state index contributed by atoms with van der Waals surface area (Å²) >= 11 is 0. The summed E-state index contributed by atoms with van der Waals surface area (Å²) in [5.74, 6) is 2.13. The number of nitrogens with zero attached hydrogens (tertiary/aromatic N) is 2. The number of pyridine rings is 2. The van der Waals surface area contributed by atoms with E-state index in [-0.39, 0.29) is 5.91 Å². The molecule has 4 aromatic rings. The van der Waals surface area contributed by atoms with Gasteiger partial charge in [-0.25, -0.2) is 4.98 Å². The van der Waals surface area contributed by atoms with Crippen LogP contribution in [0.4, 0.5) is 0 Å². The van der Waals surface area contributed by atoms with E-state index in [1.165, 1.54) is 0 Å². The summed E-state index contributed by atoms with van der Waals surface area (Å²) in [5.41, 5.74) is 2.32. The van der Waals surface area contributed by atoms with Gasteiger partial charge in [-0.05, 0) is 48.9 Å². The van der Waals surface area contributed by atoms with E-state index in [9.17, 15) is 4.79 Å². The van der Waals surface area contributed by atoms with Crippen LogP contribution in [0.2, 0.25) is 0 Å². The molecule has 0 radical (unpaired) electrons. The fraction of sp³-hybridized carbons (Fsp3) is 0.148. The van der Waals surface area contributed by atoms with Crippen molar-refractivity contribution in [3.8, 4) is 23.1 Å². The van der Waals surface area contributed by atoms with Gasteiger partial charge in [0.1, 0.15) is 12.4 Å². The Kier molecular flexibility index (Phi) is 7.69. The zero-order chi connectivity index (χ0) is 23.6. The number of para-hydroxylation sites is 2. The average Bonchev–Trinajstić information content (AvgIpc) is 2.89. The summed E-state index contributed by atoms with van der Waals surface area (Å²) in [6, 6.07) is 21.9. The molecule has 1 N–H and O–H groups in total. The number of amides is 1. The summed E-state index contributed by atoms with van der Waals surface area (Å²) < 4.78 is 17.2. The van der Waals surface area contributed by atoms with E-state index in [0.29, 0.717) is 48.5 Å². The van der Waals surface area contributed by atoms with Crippen LogP contribution in [0, 0.1) is 0 Å². The molecule has 7 nitrogen and oxygen atoms in total. The third-order valence-corrected chi connectivity index (χ3v) is 4.84. The molecule has 2 aromatic heterocycles. The van der Waals surface area contributed by atoms with Crippen molar-refractivity contribution in [2.75, 3.05) is 6.61 Å². The molecule has 0 saturated heterocycles. The normalized spacial score (nSPS) is 10.4. The van der Waals surface area contributed by atoms with E-state index < -0.39 is 0 Å². The Labute approximate surface area is 198 Å². The Hall–Kier alpha value is -4.39. The fourth-order valence-corrected chi connectivity index (χ4v) is 3.16. The van der Waals surface area contributed by atoms with Crippen LogP contribution >= 0.6 is 0 Å². The van der Waals surface area contributed by atoms with Crippen molar-refractivity contribution < 1.29 is 19.0 Å². The molecule has 0 aliphatic heterocycles. The van der Waals surface area contributed by atoms with Gasteiger partial charge in [0.05, 0.1) is 6.61 Å². The van der Waals surface area contributed by atoms with Crippen LogP contribution in [-0.4, -0.2) is 22.5 Å². The van der Waals surface area contributed by atoms with E-state index >= 15 is 0 Å². The predicted octanol–water partition coefficient (Wildman–Crippen LogP) is 5.18. The van der Waals surface area contributed by atoms with Gasteiger partial charge in [0.15, 0.2) is 11.5 Å². The number of ether oxygens (including phenoxy) is 3. The lowest BCUT2D eigenvalue weighted by atomic mass is 10.2. The van der Waals surface area contributed by atoms with Gasteiger partial charge in [0.25, 0.3) is 5.91 Å². The minimum atomic E-state index is -0.196. The summed E-state index contributed by atoms with van der Waals surface area (Å²) in [4.78, 5) is 21.0. The van der Waals surface area contributed by atoms with Crippen LogP contribution in [-0.2, 0) is 13.2 Å². The summed E-state index contributed by atoms with van der Waals surface area (Å²) in [6.45, 7) is 3.19. The highest BCUT2D eigenvalue weighted by atomic mass is 16.5. The summed E-state index contributed by atoms with van der Waals surface area (Å²) in [6.07, 6.45) is 5.14. The van der Waals surface area contributed by atoms with Gasteiger partial charge in [-0.15, -0.1) is 0 Å². The molecule has 0 unspecified atom stereocenters. The largest absolute Gasteiger partial charge is 0.490 e. The van der Waals surface area contributed by atoms with Gasteiger partial charge in [-0.1, -0.05) is 30.3 Å². The second-order valence-corrected chi connectivity index (χ2v) is 7.35. The average molecular weight is 456 g/mol. The maximum Gasteiger partial charge on any atom is 0.251 e. The van der Waals surface area contributed by atoms with Crippen LogP contribution in [0.15, 0.2) is 91.4 Å². The molecule has 0 aliphatic rings. The number of nitrogens with one attached hydrogen (secondary N) is 1. The molecule has 4 rings (SSSR count). The van der Waals surface area contributed by atoms with Crippen molar-refractivity contribution in [3.63, 3.8) is 0 Å². The highest BCUT2D eigenvalue weighted by Crippen LogP contribution is 2.30. The minimum Gasteiger partial charge on any atom is -0.490 e. The SMILES string of the molecule is CCOc1ccccc1Oc1ccc(CNC(=O)c2cccc(OCc3cccnc3)c2)cn1. The maximum absolute atomic E-state index is 12.6. The molecule has 0 fully saturated rings. The minimum absolute atomic E-state index is 0.196. The fourth-order valence-electron chi connectivity index (χ4n) is 3.16. The number of rotatable bonds is 10. The van der Waals surface area contributed by atoms with Crippen LogP contribution in [0.25, 0.3) is 0 Å². The first kappa shape index (κ1) is 22.8. The molecular weight excluding hydrogens is 430 g/mol. The van der Waals surface area contributed by atoms with E-state index in [4.69, 9.17) is 14.2 Å². The van der Waals surface area contributed by atoms with Gasteiger partial charge < -0.3 is 19.5 Å². The Morgan fingerprint density at radius 3 is 2.53 bits per heavy atom. The van der Waals surface area contributed by atoms with Gasteiger partial charge >= 0.3 is 0 Å². The van der Waals surface area contributed by atoms with E-state index in [1.54, 1.807) is 42.9 Å². The molecule has 34 heavy (non-hydrogen) atoms. The molecule has 0 spiro atoms. The van der Waals surface area contributed by atoms with Gasteiger partial charge in [0, 0.05) is 42.3 Å². The van der Waals surface area contributed by atoms with Crippen molar-refractivity contribution in [2.24, 2.45) is 0 Å². The Morgan fingerprint density at radius 2 is 1.76 bits per heavy atom. The Bertz CT molecular complexity index is 1210. The predicted molar refractivity (Wildman–Crippen MR) is 128 cm³/mol. The quantitative estimate of drug-likeness (QED) is 0.355. The molecule has 172 valence electrons. The Morgan fingerprint density at radius 1 is 0.882 bits per heavy atom. The summed E-state index contributed by atoms with van der Waals surface area (Å²) in [7, 11) is 0. The molecule has 0 atom stereocenters. The van der Waals surface area contributed by atoms with Crippen LogP contribution < -0.4 is 19.5 Å². The first-order valence-electron chi connectivity index (χ1n) is 11.0. The Balaban J connectivity index is 1.31. The van der Waals surface area contributed by atoms with Crippen LogP contribution in [0.3, 0.4) is 0 Å². The molecule has 0 saturated carbocycles. The highest BCUT2D eigenvalue weighted by molar-refractivity contribution is 5.94. The topological polar surface area (TPSA) is 82.6 Å². The lowest BCUT2D eigenvalue weighted by Crippen LogP contribution is -2.22. The van der Waals surface area contributed by atoms with E-state index in [0.717, 1.165) is 11.1 Å². The van der Waals surface area contributed by atoms with Gasteiger partial charge in [0.2, 0.25) is 5.88 Å². The first-order chi connectivity index (χ1) is 16.7. The number of aromatic nitrogens is 2. The second kappa shape index (κ2) is 11.5. The zero-order valence-electron chi connectivity index (χ0n) is 18.8. The lowest BCUT2D eigenvalue weighted by Gasteiger charge is -2.11. The smallest absolute Gasteiger partial charge is 0.251 e. The van der Waals surface area contributed by atoms with Gasteiger partial charge in [-0.3, -0.25) is 9.78 Å². The molecule has 2 heterocycles. The molecule has 7 heteroatoms. The third kappa shape index (κ3) is 6.32. The zero-order valence-corrected chi connectivity index (χ0v) is 18.8. The van der Waals surface area contributed by atoms with Crippen molar-refractivity contribution in [1.82, 2.24) is 15.3 Å². The second-order valence-electron chi connectivity index (χ2n) is 7.35. The number of benzene rings is 2. The molecule has 1 amide bonds. The molecule has 0 bridgehead atoms. The number of carbonyl (C=O) groups excluding carboxylic acids is 1. The van der Waals surface area contributed by atoms with Gasteiger partial charge in [-0.2, -0.15) is 0 Å². The number of carbonyl (C=O) groups is 1.